The molecule has 0 aliphatic carbocycles. The van der Waals surface area contributed by atoms with Gasteiger partial charge in [-0.2, -0.15) is 5.10 Å². The summed E-state index contributed by atoms with van der Waals surface area (Å²) in [4.78, 5) is 10.9. The number of aromatic nitrogens is 2. The van der Waals surface area contributed by atoms with Gasteiger partial charge in [0.05, 0.1) is 5.69 Å². The lowest BCUT2D eigenvalue weighted by Crippen LogP contribution is -2.03. The Bertz CT molecular complexity index is 561. The number of halogens is 1. The van der Waals surface area contributed by atoms with Gasteiger partial charge in [-0.15, -0.1) is 0 Å². The van der Waals surface area contributed by atoms with Crippen LogP contribution in [0.4, 0.5) is 4.39 Å². The molecule has 0 radical (unpaired) electrons. The van der Waals surface area contributed by atoms with E-state index in [4.69, 9.17) is 5.11 Å². The van der Waals surface area contributed by atoms with E-state index in [0.29, 0.717) is 5.69 Å². The Morgan fingerprint density at radius 3 is 2.61 bits per heavy atom. The van der Waals surface area contributed by atoms with E-state index in [2.05, 4.69) is 5.10 Å². The molecule has 4 nitrogen and oxygen atoms in total. The third-order valence-electron chi connectivity index (χ3n) is 2.58. The average molecular weight is 248 g/mol. The van der Waals surface area contributed by atoms with Crippen LogP contribution in [0, 0.1) is 5.82 Å². The molecule has 1 aromatic carbocycles. The maximum Gasteiger partial charge on any atom is 0.356 e. The molecule has 0 bridgehead atoms. The lowest BCUT2D eigenvalue weighted by molar-refractivity contribution is 0.0690. The second-order valence-corrected chi connectivity index (χ2v) is 3.96. The molecular formula is C13H13FN2O2. The van der Waals surface area contributed by atoms with E-state index in [-0.39, 0.29) is 11.5 Å². The number of benzene rings is 1. The van der Waals surface area contributed by atoms with Crippen LogP contribution in [0.2, 0.25) is 0 Å². The predicted octanol–water partition coefficient (Wildman–Crippen LogP) is 2.66. The number of nitrogens with zero attached hydrogens (tertiary/aromatic N) is 2. The van der Waals surface area contributed by atoms with Crippen molar-refractivity contribution in [1.82, 2.24) is 9.78 Å². The van der Waals surface area contributed by atoms with E-state index in [0.717, 1.165) is 18.5 Å². The first kappa shape index (κ1) is 12.3. The Morgan fingerprint density at radius 1 is 1.39 bits per heavy atom. The molecule has 1 N–H and O–H groups in total. The zero-order chi connectivity index (χ0) is 13.1. The highest BCUT2D eigenvalue weighted by Crippen LogP contribution is 2.15. The summed E-state index contributed by atoms with van der Waals surface area (Å²) in [6.45, 7) is 2.00. The van der Waals surface area contributed by atoms with Crippen LogP contribution < -0.4 is 0 Å². The van der Waals surface area contributed by atoms with Crippen LogP contribution >= 0.6 is 0 Å². The molecule has 0 saturated heterocycles. The molecule has 2 aromatic rings. The van der Waals surface area contributed by atoms with Crippen molar-refractivity contribution in [3.05, 3.63) is 47.5 Å². The van der Waals surface area contributed by atoms with Crippen molar-refractivity contribution in [2.75, 3.05) is 0 Å². The lowest BCUT2D eigenvalue weighted by atomic mass is 10.2. The number of aromatic carboxylic acids is 1. The first-order chi connectivity index (χ1) is 8.61. The summed E-state index contributed by atoms with van der Waals surface area (Å²) in [6.07, 6.45) is 1.60. The van der Waals surface area contributed by atoms with E-state index < -0.39 is 5.97 Å². The molecule has 0 amide bonds. The second kappa shape index (κ2) is 5.00. The number of carbonyl (C=O) groups is 1. The van der Waals surface area contributed by atoms with Crippen molar-refractivity contribution < 1.29 is 14.3 Å². The van der Waals surface area contributed by atoms with Gasteiger partial charge in [0, 0.05) is 5.69 Å². The fourth-order valence-corrected chi connectivity index (χ4v) is 1.76. The van der Waals surface area contributed by atoms with E-state index >= 15 is 0 Å². The highest BCUT2D eigenvalue weighted by molar-refractivity contribution is 5.85. The molecule has 5 heteroatoms. The highest BCUT2D eigenvalue weighted by atomic mass is 19.1. The zero-order valence-corrected chi connectivity index (χ0v) is 9.93. The van der Waals surface area contributed by atoms with Crippen LogP contribution in [0.5, 0.6) is 0 Å². The van der Waals surface area contributed by atoms with E-state index in [1.165, 1.54) is 12.1 Å². The second-order valence-electron chi connectivity index (χ2n) is 3.96. The Balaban J connectivity index is 2.47. The van der Waals surface area contributed by atoms with Crippen molar-refractivity contribution >= 4 is 5.97 Å². The Morgan fingerprint density at radius 2 is 2.06 bits per heavy atom. The quantitative estimate of drug-likeness (QED) is 0.905. The highest BCUT2D eigenvalue weighted by Gasteiger charge is 2.13. The van der Waals surface area contributed by atoms with Gasteiger partial charge in [-0.1, -0.05) is 13.3 Å². The summed E-state index contributed by atoms with van der Waals surface area (Å²) in [5.41, 5.74) is 1.47. The van der Waals surface area contributed by atoms with Gasteiger partial charge in [0.1, 0.15) is 5.82 Å². The standard InChI is InChI=1S/C13H13FN2O2/c1-2-3-11-8-12(13(17)18)15-16(11)10-6-4-9(14)5-7-10/h4-8H,2-3H2,1H3,(H,17,18). The van der Waals surface area contributed by atoms with Crippen molar-refractivity contribution in [1.29, 1.82) is 0 Å². The van der Waals surface area contributed by atoms with Crippen LogP contribution in [0.1, 0.15) is 29.5 Å². The van der Waals surface area contributed by atoms with Gasteiger partial charge in [-0.05, 0) is 36.8 Å². The predicted molar refractivity (Wildman–Crippen MR) is 64.5 cm³/mol. The number of hydrogen-bond acceptors (Lipinski definition) is 2. The molecule has 0 unspecified atom stereocenters. The SMILES string of the molecule is CCCc1cc(C(=O)O)nn1-c1ccc(F)cc1. The topological polar surface area (TPSA) is 55.1 Å². The van der Waals surface area contributed by atoms with Gasteiger partial charge in [0.2, 0.25) is 0 Å². The van der Waals surface area contributed by atoms with Gasteiger partial charge >= 0.3 is 5.97 Å². The first-order valence-corrected chi connectivity index (χ1v) is 5.70. The van der Waals surface area contributed by atoms with Crippen LogP contribution in [0.15, 0.2) is 30.3 Å². The van der Waals surface area contributed by atoms with Crippen molar-refractivity contribution in [3.8, 4) is 5.69 Å². The van der Waals surface area contributed by atoms with Gasteiger partial charge in [0.15, 0.2) is 5.69 Å². The van der Waals surface area contributed by atoms with Gasteiger partial charge in [-0.3, -0.25) is 0 Å². The molecule has 18 heavy (non-hydrogen) atoms. The summed E-state index contributed by atoms with van der Waals surface area (Å²) in [5.74, 6) is -1.39. The average Bonchev–Trinajstić information content (AvgIpc) is 2.75. The maximum atomic E-state index is 12.9. The fourth-order valence-electron chi connectivity index (χ4n) is 1.76. The monoisotopic (exact) mass is 248 g/mol. The van der Waals surface area contributed by atoms with Crippen molar-refractivity contribution in [3.63, 3.8) is 0 Å². The van der Waals surface area contributed by atoms with Crippen LogP contribution in [0.25, 0.3) is 5.69 Å². The molecule has 94 valence electrons. The number of carboxylic acid groups (broad SMARTS) is 1. The first-order valence-electron chi connectivity index (χ1n) is 5.70. The Labute approximate surface area is 104 Å². The van der Waals surface area contributed by atoms with E-state index in [1.54, 1.807) is 22.9 Å². The summed E-state index contributed by atoms with van der Waals surface area (Å²) in [5, 5.41) is 13.0. The molecule has 0 aliphatic heterocycles. The minimum absolute atomic E-state index is 0.00257. The molecule has 1 heterocycles. The summed E-state index contributed by atoms with van der Waals surface area (Å²) < 4.78 is 14.4. The summed E-state index contributed by atoms with van der Waals surface area (Å²) >= 11 is 0. The Kier molecular flexibility index (Phi) is 3.41. The number of rotatable bonds is 4. The molecule has 0 spiro atoms. The van der Waals surface area contributed by atoms with Crippen LogP contribution in [-0.2, 0) is 6.42 Å². The molecule has 0 aliphatic rings. The lowest BCUT2D eigenvalue weighted by Gasteiger charge is -2.05. The van der Waals surface area contributed by atoms with Crippen LogP contribution in [0.3, 0.4) is 0 Å². The third-order valence-corrected chi connectivity index (χ3v) is 2.58. The molecular weight excluding hydrogens is 235 g/mol. The molecule has 0 fully saturated rings. The van der Waals surface area contributed by atoms with Gasteiger partial charge in [-0.25, -0.2) is 13.9 Å². The van der Waals surface area contributed by atoms with Crippen molar-refractivity contribution in [2.45, 2.75) is 19.8 Å². The van der Waals surface area contributed by atoms with E-state index in [9.17, 15) is 9.18 Å². The normalized spacial score (nSPS) is 10.6. The largest absolute Gasteiger partial charge is 0.476 e. The number of carboxylic acids is 1. The minimum atomic E-state index is -1.06. The van der Waals surface area contributed by atoms with Crippen molar-refractivity contribution in [2.24, 2.45) is 0 Å². The molecule has 0 atom stereocenters. The maximum absolute atomic E-state index is 12.9. The smallest absolute Gasteiger partial charge is 0.356 e. The van der Waals surface area contributed by atoms with E-state index in [1.807, 2.05) is 6.92 Å². The van der Waals surface area contributed by atoms with Crippen LogP contribution in [-0.4, -0.2) is 20.9 Å². The minimum Gasteiger partial charge on any atom is -0.476 e. The number of aryl methyl sites for hydroxylation is 1. The molecule has 1 aromatic heterocycles. The zero-order valence-electron chi connectivity index (χ0n) is 9.93. The molecule has 0 saturated carbocycles. The van der Waals surface area contributed by atoms with Gasteiger partial charge < -0.3 is 5.11 Å². The van der Waals surface area contributed by atoms with Gasteiger partial charge in [0.25, 0.3) is 0 Å². The Hall–Kier alpha value is -2.17. The summed E-state index contributed by atoms with van der Waals surface area (Å²) in [6, 6.07) is 7.36. The third kappa shape index (κ3) is 2.40. The summed E-state index contributed by atoms with van der Waals surface area (Å²) in [7, 11) is 0. The number of hydrogen-bond donors (Lipinski definition) is 1. The fraction of sp³-hybridized carbons (Fsp3) is 0.231. The molecule has 2 rings (SSSR count).